The number of carbonyl (C=O) groups excluding carboxylic acids is 6. The molecule has 0 spiro atoms. The molecule has 2 unspecified atom stereocenters. The number of tetrazole rings is 1. The molecule has 5 N–H and O–H groups in total. The number of aromatic nitrogens is 4. The van der Waals surface area contributed by atoms with Crippen LogP contribution in [0.25, 0.3) is 0 Å². The van der Waals surface area contributed by atoms with Gasteiger partial charge in [0.25, 0.3) is 5.91 Å². The maximum atomic E-state index is 13.6. The number of aryl methyl sites for hydroxylation is 1. The number of hydrogen-bond acceptors (Lipinski definition) is 9. The first-order valence-corrected chi connectivity index (χ1v) is 19.1. The van der Waals surface area contributed by atoms with Crippen LogP contribution in [0.15, 0.2) is 30.3 Å². The number of likely N-dealkylation sites (tertiary alicyclic amines) is 1. The van der Waals surface area contributed by atoms with Crippen molar-refractivity contribution >= 4 is 35.3 Å². The highest BCUT2D eigenvalue weighted by Crippen LogP contribution is 2.33. The SMILES string of the molecule is CCCC(C(=O)C(=O)N[C@H](C)c1ccccc1)N1C(=O)C[C@@H]1[C@@H](CCC)CNC(=O)C(NC(=O)[C@H](NC(=O)CCCCc1nnn[nH]1)C(C)C)C(C)C. The molecule has 15 heteroatoms. The molecule has 0 bridgehead atoms. The zero-order chi connectivity index (χ0) is 39.1. The molecule has 15 nitrogen and oxygen atoms in total. The van der Waals surface area contributed by atoms with Crippen LogP contribution in [0.1, 0.15) is 117 Å². The molecule has 0 saturated carbocycles. The number of aromatic amines is 1. The summed E-state index contributed by atoms with van der Waals surface area (Å²) in [5, 5.41) is 25.1. The van der Waals surface area contributed by atoms with E-state index in [0.717, 1.165) is 12.0 Å². The number of hydrogen-bond donors (Lipinski definition) is 5. The van der Waals surface area contributed by atoms with E-state index in [2.05, 4.69) is 41.9 Å². The summed E-state index contributed by atoms with van der Waals surface area (Å²) in [6, 6.07) is 6.02. The second-order valence-electron chi connectivity index (χ2n) is 14.7. The van der Waals surface area contributed by atoms with Gasteiger partial charge in [0.2, 0.25) is 29.4 Å². The number of unbranched alkanes of at least 4 members (excludes halogenated alkanes) is 1. The molecule has 1 saturated heterocycles. The fourth-order valence-electron chi connectivity index (χ4n) is 6.73. The minimum Gasteiger partial charge on any atom is -0.354 e. The summed E-state index contributed by atoms with van der Waals surface area (Å²) in [5.41, 5.74) is 0.863. The molecular weight excluding hydrogens is 678 g/mol. The Bertz CT molecular complexity index is 1500. The lowest BCUT2D eigenvalue weighted by Gasteiger charge is -2.48. The lowest BCUT2D eigenvalue weighted by molar-refractivity contribution is -0.160. The molecule has 2 aromatic rings. The number of ketones is 1. The first kappa shape index (κ1) is 42.7. The molecule has 1 aromatic heterocycles. The highest BCUT2D eigenvalue weighted by atomic mass is 16.2. The predicted octanol–water partition coefficient (Wildman–Crippen LogP) is 2.94. The fourth-order valence-corrected chi connectivity index (χ4v) is 6.73. The van der Waals surface area contributed by atoms with E-state index in [1.807, 2.05) is 78.8 Å². The molecular formula is C38H59N9O6. The van der Waals surface area contributed by atoms with Crippen LogP contribution in [-0.4, -0.2) is 91.6 Å². The Morgan fingerprint density at radius 1 is 0.868 bits per heavy atom. The Morgan fingerprint density at radius 3 is 2.11 bits per heavy atom. The molecule has 1 aliphatic heterocycles. The zero-order valence-electron chi connectivity index (χ0n) is 32.3. The van der Waals surface area contributed by atoms with Crippen LogP contribution in [0.5, 0.6) is 0 Å². The van der Waals surface area contributed by atoms with E-state index in [1.165, 1.54) is 0 Å². The second kappa shape index (κ2) is 21.1. The Morgan fingerprint density at radius 2 is 1.53 bits per heavy atom. The zero-order valence-corrected chi connectivity index (χ0v) is 32.3. The third-order valence-corrected chi connectivity index (χ3v) is 9.81. The summed E-state index contributed by atoms with van der Waals surface area (Å²) in [6.45, 7) is 13.3. The lowest BCUT2D eigenvalue weighted by atomic mass is 9.82. The standard InChI is InChI=1S/C38H59N9O6/c1-8-15-27(29-21-32(49)47(29)28(16-9-2)35(50)38(53)40-25(7)26-17-11-10-12-18-26)22-39-36(51)33(23(3)4)42-37(52)34(24(5)6)41-31(48)20-14-13-19-30-43-45-46-44-30/h10-12,17-18,23-25,27-29,33-34H,8-9,13-16,19-22H2,1-7H3,(H,39,51)(H,40,53)(H,41,48)(H,42,52)(H,43,44,45,46)/t25-,27+,28?,29-,33?,34-/m1/s1. The van der Waals surface area contributed by atoms with Gasteiger partial charge in [0.05, 0.1) is 6.04 Å². The molecule has 1 fully saturated rings. The molecule has 5 amide bonds. The molecule has 0 radical (unpaired) electrons. The van der Waals surface area contributed by atoms with Crippen LogP contribution in [-0.2, 0) is 35.2 Å². The van der Waals surface area contributed by atoms with Crippen molar-refractivity contribution in [2.75, 3.05) is 6.54 Å². The minimum absolute atomic E-state index is 0.174. The topological polar surface area (TPSA) is 208 Å². The number of carbonyl (C=O) groups is 6. The first-order valence-electron chi connectivity index (χ1n) is 19.1. The Labute approximate surface area is 312 Å². The van der Waals surface area contributed by atoms with Gasteiger partial charge in [0.1, 0.15) is 23.9 Å². The Balaban J connectivity index is 1.62. The quantitative estimate of drug-likeness (QED) is 0.0645. The summed E-state index contributed by atoms with van der Waals surface area (Å²) in [5.74, 6) is -2.68. The summed E-state index contributed by atoms with van der Waals surface area (Å²) >= 11 is 0. The van der Waals surface area contributed by atoms with Crippen molar-refractivity contribution in [1.82, 2.24) is 46.8 Å². The monoisotopic (exact) mass is 737 g/mol. The lowest BCUT2D eigenvalue weighted by Crippen LogP contribution is -2.65. The maximum absolute atomic E-state index is 13.6. The molecule has 1 aliphatic rings. The molecule has 0 aliphatic carbocycles. The molecule has 53 heavy (non-hydrogen) atoms. The van der Waals surface area contributed by atoms with Crippen molar-refractivity contribution < 1.29 is 28.8 Å². The first-order chi connectivity index (χ1) is 25.3. The summed E-state index contributed by atoms with van der Waals surface area (Å²) in [6.07, 6.45) is 4.73. The molecule has 6 atom stereocenters. The van der Waals surface area contributed by atoms with Crippen LogP contribution < -0.4 is 21.3 Å². The average molecular weight is 738 g/mol. The van der Waals surface area contributed by atoms with Gasteiger partial charge in [-0.25, -0.2) is 5.10 Å². The van der Waals surface area contributed by atoms with Gasteiger partial charge in [-0.3, -0.25) is 28.8 Å². The van der Waals surface area contributed by atoms with Crippen molar-refractivity contribution in [2.45, 2.75) is 136 Å². The Hall–Kier alpha value is -4.69. The third-order valence-electron chi connectivity index (χ3n) is 9.81. The highest BCUT2D eigenvalue weighted by Gasteiger charge is 2.47. The van der Waals surface area contributed by atoms with Gasteiger partial charge >= 0.3 is 0 Å². The van der Waals surface area contributed by atoms with E-state index in [9.17, 15) is 28.8 Å². The number of nitrogens with zero attached hydrogens (tertiary/aromatic N) is 4. The normalized spacial score (nSPS) is 17.0. The van der Waals surface area contributed by atoms with Gasteiger partial charge < -0.3 is 26.2 Å². The number of Topliss-reactive ketones (excluding diaryl/α,β-unsaturated/α-hetero) is 1. The van der Waals surface area contributed by atoms with Crippen LogP contribution >= 0.6 is 0 Å². The summed E-state index contributed by atoms with van der Waals surface area (Å²) in [7, 11) is 0. The van der Waals surface area contributed by atoms with E-state index in [1.54, 1.807) is 4.90 Å². The smallest absolute Gasteiger partial charge is 0.290 e. The van der Waals surface area contributed by atoms with Crippen molar-refractivity contribution in [1.29, 1.82) is 0 Å². The number of rotatable bonds is 23. The van der Waals surface area contributed by atoms with Crippen LogP contribution in [0.4, 0.5) is 0 Å². The highest BCUT2D eigenvalue weighted by molar-refractivity contribution is 6.38. The van der Waals surface area contributed by atoms with Crippen molar-refractivity contribution in [3.63, 3.8) is 0 Å². The number of amides is 5. The van der Waals surface area contributed by atoms with Gasteiger partial charge in [-0.1, -0.05) is 84.7 Å². The van der Waals surface area contributed by atoms with E-state index >= 15 is 0 Å². The number of benzene rings is 1. The van der Waals surface area contributed by atoms with E-state index in [0.29, 0.717) is 44.3 Å². The molecule has 1 aromatic carbocycles. The van der Waals surface area contributed by atoms with Crippen LogP contribution in [0.3, 0.4) is 0 Å². The van der Waals surface area contributed by atoms with Gasteiger partial charge in [-0.2, -0.15) is 0 Å². The van der Waals surface area contributed by atoms with E-state index < -0.39 is 35.7 Å². The number of H-pyrrole nitrogens is 1. The second-order valence-corrected chi connectivity index (χ2v) is 14.7. The minimum atomic E-state index is -0.902. The summed E-state index contributed by atoms with van der Waals surface area (Å²) in [4.78, 5) is 81.2. The van der Waals surface area contributed by atoms with Crippen LogP contribution in [0, 0.1) is 17.8 Å². The maximum Gasteiger partial charge on any atom is 0.290 e. The number of nitrogens with one attached hydrogen (secondary N) is 5. The van der Waals surface area contributed by atoms with Gasteiger partial charge in [-0.15, -0.1) is 5.10 Å². The van der Waals surface area contributed by atoms with E-state index in [-0.39, 0.29) is 66.9 Å². The molecule has 3 rings (SSSR count). The molecule has 292 valence electrons. The third kappa shape index (κ3) is 12.5. The van der Waals surface area contributed by atoms with Crippen LogP contribution in [0.2, 0.25) is 0 Å². The molecule has 2 heterocycles. The predicted molar refractivity (Wildman–Crippen MR) is 199 cm³/mol. The van der Waals surface area contributed by atoms with Crippen molar-refractivity contribution in [3.05, 3.63) is 41.7 Å². The Kier molecular flexibility index (Phi) is 17.0. The average Bonchev–Trinajstić information content (AvgIpc) is 3.65. The van der Waals surface area contributed by atoms with Gasteiger partial charge in [0.15, 0.2) is 0 Å². The van der Waals surface area contributed by atoms with Gasteiger partial charge in [-0.05, 0) is 66.4 Å². The summed E-state index contributed by atoms with van der Waals surface area (Å²) < 4.78 is 0. The van der Waals surface area contributed by atoms with E-state index in [4.69, 9.17) is 0 Å². The largest absolute Gasteiger partial charge is 0.354 e. The number of β-lactam (4-membered cyclic amide) rings is 1. The fraction of sp³-hybridized carbons (Fsp3) is 0.658. The van der Waals surface area contributed by atoms with Gasteiger partial charge in [0, 0.05) is 31.8 Å². The van der Waals surface area contributed by atoms with Crippen molar-refractivity contribution in [3.8, 4) is 0 Å². The van der Waals surface area contributed by atoms with Crippen molar-refractivity contribution in [2.24, 2.45) is 17.8 Å².